The Morgan fingerprint density at radius 1 is 1.04 bits per heavy atom. The Morgan fingerprint density at radius 2 is 1.75 bits per heavy atom. The summed E-state index contributed by atoms with van der Waals surface area (Å²) in [5, 5.41) is 11.4. The number of H-pyrrole nitrogens is 1. The Balaban J connectivity index is 1.91. The number of benzene rings is 2. The summed E-state index contributed by atoms with van der Waals surface area (Å²) in [5.41, 5.74) is 2.44. The molecule has 4 nitrogen and oxygen atoms in total. The van der Waals surface area contributed by atoms with Crippen molar-refractivity contribution in [3.8, 4) is 0 Å². The fourth-order valence-electron chi connectivity index (χ4n) is 2.90. The molecule has 4 heteroatoms. The first-order valence-electron chi connectivity index (χ1n) is 7.61. The van der Waals surface area contributed by atoms with Crippen LogP contribution in [-0.4, -0.2) is 21.8 Å². The second kappa shape index (κ2) is 6.16. The Kier molecular flexibility index (Phi) is 4.04. The Morgan fingerprint density at radius 3 is 2.42 bits per heavy atom. The number of fused-ring (bicyclic) bond motifs is 1. The van der Waals surface area contributed by atoms with Crippen molar-refractivity contribution in [1.29, 1.82) is 0 Å². The topological polar surface area (TPSA) is 70.2 Å². The number of aromatic carboxylic acids is 1. The molecule has 0 spiro atoms. The predicted octanol–water partition coefficient (Wildman–Crippen LogP) is 4.38. The molecule has 2 N–H and O–H groups in total. The Bertz CT molecular complexity index is 980. The molecular formula is C20H17NO3. The number of hydrogen-bond acceptors (Lipinski definition) is 2. The number of carboxylic acid groups (broad SMARTS) is 1. The fraction of sp³-hybridized carbons (Fsp3) is 0.100. The SMILES string of the molecule is Cc1[nH]c(C(=O)O)c(C)c1C(=O)/C=C/c1ccc2ccccc2c1. The standard InChI is InChI=1S/C20H17NO3/c1-12-18(13(2)21-19(12)20(23)24)17(22)10-8-14-7-9-15-5-3-4-6-16(15)11-14/h3-11,21H,1-2H3,(H,23,24)/b10-8+. The van der Waals surface area contributed by atoms with Gasteiger partial charge < -0.3 is 10.1 Å². The van der Waals surface area contributed by atoms with E-state index in [-0.39, 0.29) is 11.5 Å². The van der Waals surface area contributed by atoms with Crippen LogP contribution in [0, 0.1) is 13.8 Å². The molecule has 0 saturated heterocycles. The summed E-state index contributed by atoms with van der Waals surface area (Å²) in [7, 11) is 0. The van der Waals surface area contributed by atoms with Gasteiger partial charge in [0.25, 0.3) is 0 Å². The quantitative estimate of drug-likeness (QED) is 0.554. The number of hydrogen-bond donors (Lipinski definition) is 2. The van der Waals surface area contributed by atoms with Crippen LogP contribution in [0.1, 0.15) is 37.7 Å². The van der Waals surface area contributed by atoms with Crippen LogP contribution in [0.15, 0.2) is 48.5 Å². The van der Waals surface area contributed by atoms with Gasteiger partial charge >= 0.3 is 5.97 Å². The van der Waals surface area contributed by atoms with Crippen LogP contribution < -0.4 is 0 Å². The molecule has 0 bridgehead atoms. The minimum Gasteiger partial charge on any atom is -0.477 e. The molecule has 0 fully saturated rings. The number of nitrogens with one attached hydrogen (secondary N) is 1. The third kappa shape index (κ3) is 2.86. The third-order valence-corrected chi connectivity index (χ3v) is 4.10. The molecule has 0 aliphatic rings. The molecule has 0 amide bonds. The fourth-order valence-corrected chi connectivity index (χ4v) is 2.90. The van der Waals surface area contributed by atoms with E-state index in [1.807, 2.05) is 42.5 Å². The molecule has 2 aromatic carbocycles. The van der Waals surface area contributed by atoms with Crippen LogP contribution >= 0.6 is 0 Å². The monoisotopic (exact) mass is 319 g/mol. The van der Waals surface area contributed by atoms with Gasteiger partial charge in [0.05, 0.1) is 0 Å². The largest absolute Gasteiger partial charge is 0.477 e. The van der Waals surface area contributed by atoms with Gasteiger partial charge in [0, 0.05) is 11.3 Å². The molecule has 0 radical (unpaired) electrons. The van der Waals surface area contributed by atoms with E-state index < -0.39 is 5.97 Å². The molecule has 1 aromatic heterocycles. The maximum Gasteiger partial charge on any atom is 0.352 e. The van der Waals surface area contributed by atoms with Crippen molar-refractivity contribution < 1.29 is 14.7 Å². The van der Waals surface area contributed by atoms with Gasteiger partial charge in [-0.05, 0) is 47.9 Å². The average molecular weight is 319 g/mol. The summed E-state index contributed by atoms with van der Waals surface area (Å²) in [4.78, 5) is 26.4. The first kappa shape index (κ1) is 15.7. The molecule has 3 rings (SSSR count). The Labute approximate surface area is 139 Å². The lowest BCUT2D eigenvalue weighted by molar-refractivity contribution is 0.0690. The van der Waals surface area contributed by atoms with Crippen LogP contribution in [0.2, 0.25) is 0 Å². The second-order valence-corrected chi connectivity index (χ2v) is 5.73. The van der Waals surface area contributed by atoms with Crippen molar-refractivity contribution >= 4 is 28.6 Å². The molecule has 120 valence electrons. The highest BCUT2D eigenvalue weighted by Crippen LogP contribution is 2.20. The zero-order valence-electron chi connectivity index (χ0n) is 13.5. The van der Waals surface area contributed by atoms with Crippen molar-refractivity contribution in [3.63, 3.8) is 0 Å². The summed E-state index contributed by atoms with van der Waals surface area (Å²) in [6, 6.07) is 14.0. The lowest BCUT2D eigenvalue weighted by atomic mass is 10.0. The number of aromatic nitrogens is 1. The van der Waals surface area contributed by atoms with E-state index in [2.05, 4.69) is 4.98 Å². The van der Waals surface area contributed by atoms with Crippen molar-refractivity contribution in [1.82, 2.24) is 4.98 Å². The number of allylic oxidation sites excluding steroid dienone is 1. The normalized spacial score (nSPS) is 11.2. The molecule has 1 heterocycles. The lowest BCUT2D eigenvalue weighted by Gasteiger charge is -2.00. The number of carbonyl (C=O) groups excluding carboxylic acids is 1. The number of ketones is 1. The average Bonchev–Trinajstić information content (AvgIpc) is 2.87. The van der Waals surface area contributed by atoms with Crippen molar-refractivity contribution in [2.75, 3.05) is 0 Å². The maximum atomic E-state index is 12.5. The molecule has 0 atom stereocenters. The van der Waals surface area contributed by atoms with Gasteiger partial charge in [-0.3, -0.25) is 4.79 Å². The van der Waals surface area contributed by atoms with E-state index in [1.54, 1.807) is 19.9 Å². The lowest BCUT2D eigenvalue weighted by Crippen LogP contribution is -2.01. The predicted molar refractivity (Wildman–Crippen MR) is 94.5 cm³/mol. The first-order valence-corrected chi connectivity index (χ1v) is 7.61. The van der Waals surface area contributed by atoms with Gasteiger partial charge in [-0.1, -0.05) is 42.5 Å². The minimum atomic E-state index is -1.06. The zero-order valence-corrected chi connectivity index (χ0v) is 13.5. The summed E-state index contributed by atoms with van der Waals surface area (Å²) >= 11 is 0. The van der Waals surface area contributed by atoms with Gasteiger partial charge in [-0.15, -0.1) is 0 Å². The van der Waals surface area contributed by atoms with E-state index >= 15 is 0 Å². The third-order valence-electron chi connectivity index (χ3n) is 4.10. The highest BCUT2D eigenvalue weighted by atomic mass is 16.4. The highest BCUT2D eigenvalue weighted by Gasteiger charge is 2.19. The van der Waals surface area contributed by atoms with E-state index in [4.69, 9.17) is 5.11 Å². The Hall–Kier alpha value is -3.14. The number of carbonyl (C=O) groups is 2. The van der Waals surface area contributed by atoms with Gasteiger partial charge in [-0.2, -0.15) is 0 Å². The number of rotatable bonds is 4. The molecule has 0 unspecified atom stereocenters. The van der Waals surface area contributed by atoms with E-state index in [1.165, 1.54) is 6.08 Å². The molecule has 0 saturated carbocycles. The van der Waals surface area contributed by atoms with Crippen molar-refractivity contribution in [3.05, 3.63) is 76.6 Å². The van der Waals surface area contributed by atoms with Crippen LogP contribution in [0.4, 0.5) is 0 Å². The second-order valence-electron chi connectivity index (χ2n) is 5.73. The smallest absolute Gasteiger partial charge is 0.352 e. The van der Waals surface area contributed by atoms with Gasteiger partial charge in [-0.25, -0.2) is 4.79 Å². The molecular weight excluding hydrogens is 302 g/mol. The molecule has 24 heavy (non-hydrogen) atoms. The number of aromatic amines is 1. The molecule has 0 aliphatic carbocycles. The van der Waals surface area contributed by atoms with E-state index in [0.29, 0.717) is 16.8 Å². The maximum absolute atomic E-state index is 12.5. The number of carboxylic acids is 1. The van der Waals surface area contributed by atoms with Gasteiger partial charge in [0.15, 0.2) is 5.78 Å². The zero-order chi connectivity index (χ0) is 17.3. The molecule has 3 aromatic rings. The van der Waals surface area contributed by atoms with Crippen LogP contribution in [0.5, 0.6) is 0 Å². The summed E-state index contributed by atoms with van der Waals surface area (Å²) in [6.45, 7) is 3.35. The van der Waals surface area contributed by atoms with Crippen molar-refractivity contribution in [2.24, 2.45) is 0 Å². The summed E-state index contributed by atoms with van der Waals surface area (Å²) < 4.78 is 0. The van der Waals surface area contributed by atoms with Crippen LogP contribution in [0.25, 0.3) is 16.8 Å². The van der Waals surface area contributed by atoms with Crippen molar-refractivity contribution in [2.45, 2.75) is 13.8 Å². The van der Waals surface area contributed by atoms with E-state index in [0.717, 1.165) is 16.3 Å². The highest BCUT2D eigenvalue weighted by molar-refractivity contribution is 6.10. The summed E-state index contributed by atoms with van der Waals surface area (Å²) in [6.07, 6.45) is 3.24. The van der Waals surface area contributed by atoms with Gasteiger partial charge in [0.1, 0.15) is 5.69 Å². The van der Waals surface area contributed by atoms with Crippen LogP contribution in [-0.2, 0) is 0 Å². The number of aryl methyl sites for hydroxylation is 1. The van der Waals surface area contributed by atoms with E-state index in [9.17, 15) is 9.59 Å². The summed E-state index contributed by atoms with van der Waals surface area (Å²) in [5.74, 6) is -1.27. The molecule has 0 aliphatic heterocycles. The first-order chi connectivity index (χ1) is 11.5. The minimum absolute atomic E-state index is 0.0648. The van der Waals surface area contributed by atoms with Gasteiger partial charge in [0.2, 0.25) is 0 Å². The van der Waals surface area contributed by atoms with Crippen LogP contribution in [0.3, 0.4) is 0 Å².